The van der Waals surface area contributed by atoms with Crippen molar-refractivity contribution in [3.8, 4) is 0 Å². The SMILES string of the molecule is CC(C)=CCCC(C)=CC(=O)CO. The first-order valence-electron chi connectivity index (χ1n) is 4.50. The lowest BCUT2D eigenvalue weighted by Gasteiger charge is -1.97. The summed E-state index contributed by atoms with van der Waals surface area (Å²) in [6.45, 7) is 5.63. The second-order valence-electron chi connectivity index (χ2n) is 3.44. The lowest BCUT2D eigenvalue weighted by atomic mass is 10.1. The Hall–Kier alpha value is -0.890. The minimum absolute atomic E-state index is 0.213. The molecule has 13 heavy (non-hydrogen) atoms. The second-order valence-corrected chi connectivity index (χ2v) is 3.44. The van der Waals surface area contributed by atoms with Crippen LogP contribution in [-0.2, 0) is 4.79 Å². The number of carbonyl (C=O) groups is 1. The summed E-state index contributed by atoms with van der Waals surface area (Å²) in [4.78, 5) is 10.8. The number of ketones is 1. The zero-order chi connectivity index (χ0) is 10.3. The maximum Gasteiger partial charge on any atom is 0.180 e. The molecule has 0 radical (unpaired) electrons. The molecular formula is C11H18O2. The summed E-state index contributed by atoms with van der Waals surface area (Å²) < 4.78 is 0. The summed E-state index contributed by atoms with van der Waals surface area (Å²) in [5, 5.41) is 8.49. The minimum atomic E-state index is -0.389. The van der Waals surface area contributed by atoms with Crippen LogP contribution in [-0.4, -0.2) is 17.5 Å². The van der Waals surface area contributed by atoms with Crippen molar-refractivity contribution < 1.29 is 9.90 Å². The Morgan fingerprint density at radius 2 is 1.92 bits per heavy atom. The Labute approximate surface area is 80.0 Å². The molecule has 0 amide bonds. The van der Waals surface area contributed by atoms with Gasteiger partial charge in [0.05, 0.1) is 0 Å². The fourth-order valence-electron chi connectivity index (χ4n) is 0.981. The van der Waals surface area contributed by atoms with Crippen LogP contribution in [0.1, 0.15) is 33.6 Å². The first-order chi connectivity index (χ1) is 6.06. The fourth-order valence-corrected chi connectivity index (χ4v) is 0.981. The van der Waals surface area contributed by atoms with Gasteiger partial charge in [0, 0.05) is 0 Å². The third-order valence-electron chi connectivity index (χ3n) is 1.65. The molecule has 1 N–H and O–H groups in total. The van der Waals surface area contributed by atoms with Crippen LogP contribution < -0.4 is 0 Å². The lowest BCUT2D eigenvalue weighted by molar-refractivity contribution is -0.117. The van der Waals surface area contributed by atoms with E-state index in [0.29, 0.717) is 0 Å². The van der Waals surface area contributed by atoms with E-state index in [9.17, 15) is 4.79 Å². The molecule has 0 aliphatic heterocycles. The molecule has 0 spiro atoms. The zero-order valence-electron chi connectivity index (χ0n) is 8.63. The van der Waals surface area contributed by atoms with Gasteiger partial charge in [0.25, 0.3) is 0 Å². The molecule has 0 bridgehead atoms. The number of aliphatic hydroxyl groups excluding tert-OH is 1. The first-order valence-corrected chi connectivity index (χ1v) is 4.50. The van der Waals surface area contributed by atoms with Gasteiger partial charge >= 0.3 is 0 Å². The maximum atomic E-state index is 10.8. The van der Waals surface area contributed by atoms with E-state index in [1.165, 1.54) is 11.6 Å². The van der Waals surface area contributed by atoms with Gasteiger partial charge in [-0.25, -0.2) is 0 Å². The highest BCUT2D eigenvalue weighted by Crippen LogP contribution is 2.06. The molecule has 0 aliphatic rings. The summed E-state index contributed by atoms with van der Waals surface area (Å²) in [5.41, 5.74) is 2.32. The quantitative estimate of drug-likeness (QED) is 0.523. The molecule has 0 unspecified atom stereocenters. The van der Waals surface area contributed by atoms with E-state index in [0.717, 1.165) is 18.4 Å². The van der Waals surface area contributed by atoms with Crippen LogP contribution in [0.5, 0.6) is 0 Å². The second kappa shape index (κ2) is 6.61. The van der Waals surface area contributed by atoms with Gasteiger partial charge in [0.1, 0.15) is 6.61 Å². The molecule has 0 saturated carbocycles. The van der Waals surface area contributed by atoms with Crippen molar-refractivity contribution in [2.45, 2.75) is 33.6 Å². The Morgan fingerprint density at radius 3 is 2.38 bits per heavy atom. The fraction of sp³-hybridized carbons (Fsp3) is 0.545. The minimum Gasteiger partial charge on any atom is -0.388 e. The molecule has 0 aromatic heterocycles. The van der Waals surface area contributed by atoms with Crippen molar-refractivity contribution in [2.75, 3.05) is 6.61 Å². The van der Waals surface area contributed by atoms with Crippen molar-refractivity contribution in [3.63, 3.8) is 0 Å². The molecule has 0 rings (SSSR count). The molecule has 0 heterocycles. The van der Waals surface area contributed by atoms with Crippen LogP contribution in [0, 0.1) is 0 Å². The third kappa shape index (κ3) is 7.47. The van der Waals surface area contributed by atoms with Crippen molar-refractivity contribution in [2.24, 2.45) is 0 Å². The summed E-state index contributed by atoms with van der Waals surface area (Å²) >= 11 is 0. The Kier molecular flexibility index (Phi) is 6.15. The van der Waals surface area contributed by atoms with Crippen molar-refractivity contribution in [3.05, 3.63) is 23.3 Å². The van der Waals surface area contributed by atoms with Gasteiger partial charge in [0.2, 0.25) is 0 Å². The third-order valence-corrected chi connectivity index (χ3v) is 1.65. The van der Waals surface area contributed by atoms with Gasteiger partial charge in [-0.05, 0) is 39.7 Å². The van der Waals surface area contributed by atoms with Crippen LogP contribution >= 0.6 is 0 Å². The van der Waals surface area contributed by atoms with Crippen LogP contribution in [0.25, 0.3) is 0 Å². The van der Waals surface area contributed by atoms with Gasteiger partial charge in [-0.2, -0.15) is 0 Å². The highest BCUT2D eigenvalue weighted by Gasteiger charge is 1.95. The number of hydrogen-bond acceptors (Lipinski definition) is 2. The van der Waals surface area contributed by atoms with E-state index in [-0.39, 0.29) is 12.4 Å². The predicted octanol–water partition coefficient (Wildman–Crippen LogP) is 2.24. The van der Waals surface area contributed by atoms with Crippen molar-refractivity contribution in [1.82, 2.24) is 0 Å². The van der Waals surface area contributed by atoms with Crippen LogP contribution in [0.15, 0.2) is 23.3 Å². The number of rotatable bonds is 5. The zero-order valence-corrected chi connectivity index (χ0v) is 8.63. The Morgan fingerprint density at radius 1 is 1.31 bits per heavy atom. The average molecular weight is 182 g/mol. The average Bonchev–Trinajstić information content (AvgIpc) is 2.03. The maximum absolute atomic E-state index is 10.8. The Balaban J connectivity index is 3.87. The number of aliphatic hydroxyl groups is 1. The summed E-state index contributed by atoms with van der Waals surface area (Å²) in [7, 11) is 0. The summed E-state index contributed by atoms with van der Waals surface area (Å²) in [6, 6.07) is 0. The van der Waals surface area contributed by atoms with Crippen molar-refractivity contribution in [1.29, 1.82) is 0 Å². The highest BCUT2D eigenvalue weighted by atomic mass is 16.3. The molecule has 2 heteroatoms. The number of allylic oxidation sites excluding steroid dienone is 3. The monoisotopic (exact) mass is 182 g/mol. The smallest absolute Gasteiger partial charge is 0.180 e. The number of carbonyl (C=O) groups excluding carboxylic acids is 1. The standard InChI is InChI=1S/C11H18O2/c1-9(2)5-4-6-10(3)7-11(13)8-12/h5,7,12H,4,6,8H2,1-3H3. The van der Waals surface area contributed by atoms with Gasteiger partial charge < -0.3 is 5.11 Å². The van der Waals surface area contributed by atoms with Gasteiger partial charge in [-0.3, -0.25) is 4.79 Å². The van der Waals surface area contributed by atoms with E-state index < -0.39 is 0 Å². The normalized spacial score (nSPS) is 11.2. The highest BCUT2D eigenvalue weighted by molar-refractivity contribution is 5.91. The number of hydrogen-bond donors (Lipinski definition) is 1. The van der Waals surface area contributed by atoms with Crippen LogP contribution in [0.3, 0.4) is 0 Å². The molecule has 0 aromatic rings. The molecule has 2 nitrogen and oxygen atoms in total. The van der Waals surface area contributed by atoms with E-state index in [1.54, 1.807) is 0 Å². The van der Waals surface area contributed by atoms with Crippen LogP contribution in [0.4, 0.5) is 0 Å². The topological polar surface area (TPSA) is 37.3 Å². The van der Waals surface area contributed by atoms with Gasteiger partial charge in [0.15, 0.2) is 5.78 Å². The van der Waals surface area contributed by atoms with Gasteiger partial charge in [-0.15, -0.1) is 0 Å². The van der Waals surface area contributed by atoms with E-state index in [4.69, 9.17) is 5.11 Å². The van der Waals surface area contributed by atoms with Crippen molar-refractivity contribution >= 4 is 5.78 Å². The molecule has 0 aromatic carbocycles. The molecule has 0 fully saturated rings. The van der Waals surface area contributed by atoms with E-state index >= 15 is 0 Å². The summed E-state index contributed by atoms with van der Waals surface area (Å²) in [5.74, 6) is -0.213. The first kappa shape index (κ1) is 12.1. The predicted molar refractivity (Wildman–Crippen MR) is 54.5 cm³/mol. The van der Waals surface area contributed by atoms with Gasteiger partial charge in [-0.1, -0.05) is 17.2 Å². The molecule has 0 saturated heterocycles. The van der Waals surface area contributed by atoms with E-state index in [1.807, 2.05) is 6.92 Å². The Bertz CT molecular complexity index is 220. The largest absolute Gasteiger partial charge is 0.388 e. The molecule has 74 valence electrons. The molecule has 0 atom stereocenters. The molecule has 0 aliphatic carbocycles. The molecular weight excluding hydrogens is 164 g/mol. The van der Waals surface area contributed by atoms with Crippen LogP contribution in [0.2, 0.25) is 0 Å². The summed E-state index contributed by atoms with van der Waals surface area (Å²) in [6.07, 6.45) is 5.50. The van der Waals surface area contributed by atoms with E-state index in [2.05, 4.69) is 19.9 Å². The lowest BCUT2D eigenvalue weighted by Crippen LogP contribution is -1.99.